The molecule has 4 rings (SSSR count). The van der Waals surface area contributed by atoms with E-state index >= 15 is 0 Å². The van der Waals surface area contributed by atoms with Crippen LogP contribution in [0, 0.1) is 13.8 Å². The van der Waals surface area contributed by atoms with Crippen LogP contribution >= 0.6 is 0 Å². The zero-order valence-electron chi connectivity index (χ0n) is 15.3. The molecule has 1 amide bonds. The maximum absolute atomic E-state index is 12.5. The molecule has 3 heterocycles. The molecular weight excluding hydrogens is 340 g/mol. The maximum atomic E-state index is 12.5. The number of amides is 1. The highest BCUT2D eigenvalue weighted by molar-refractivity contribution is 5.98. The van der Waals surface area contributed by atoms with Crippen LogP contribution in [0.25, 0.3) is 17.0 Å². The van der Waals surface area contributed by atoms with Gasteiger partial charge in [0.1, 0.15) is 12.1 Å². The van der Waals surface area contributed by atoms with Crippen molar-refractivity contribution < 1.29 is 9.21 Å². The van der Waals surface area contributed by atoms with E-state index in [1.54, 1.807) is 12.6 Å². The topological polar surface area (TPSA) is 72.4 Å². The van der Waals surface area contributed by atoms with Gasteiger partial charge >= 0.3 is 0 Å². The van der Waals surface area contributed by atoms with Gasteiger partial charge in [0.2, 0.25) is 0 Å². The van der Waals surface area contributed by atoms with E-state index in [4.69, 9.17) is 4.42 Å². The summed E-state index contributed by atoms with van der Waals surface area (Å²) in [6, 6.07) is 13.9. The number of benzene rings is 1. The molecule has 136 valence electrons. The van der Waals surface area contributed by atoms with E-state index in [9.17, 15) is 4.79 Å². The third-order valence-corrected chi connectivity index (χ3v) is 4.50. The van der Waals surface area contributed by atoms with E-state index in [1.807, 2.05) is 60.7 Å². The lowest BCUT2D eigenvalue weighted by Gasteiger charge is -2.06. The molecule has 3 aromatic heterocycles. The molecule has 0 aliphatic heterocycles. The van der Waals surface area contributed by atoms with E-state index in [-0.39, 0.29) is 5.91 Å². The Hall–Kier alpha value is -3.41. The van der Waals surface area contributed by atoms with E-state index in [0.29, 0.717) is 17.9 Å². The summed E-state index contributed by atoms with van der Waals surface area (Å²) in [6.45, 7) is 4.41. The minimum absolute atomic E-state index is 0.206. The number of imidazole rings is 1. The first kappa shape index (κ1) is 17.0. The molecule has 0 aliphatic carbocycles. The number of aryl methyl sites for hydroxylation is 2. The second kappa shape index (κ2) is 7.07. The molecule has 1 N–H and O–H groups in total. The van der Waals surface area contributed by atoms with E-state index < -0.39 is 0 Å². The number of nitrogens with zero attached hydrogens (tertiary/aromatic N) is 3. The third-order valence-electron chi connectivity index (χ3n) is 4.50. The van der Waals surface area contributed by atoms with Crippen LogP contribution in [-0.2, 0) is 6.42 Å². The van der Waals surface area contributed by atoms with Crippen LogP contribution in [0.1, 0.15) is 27.4 Å². The number of rotatable bonds is 5. The zero-order valence-corrected chi connectivity index (χ0v) is 15.3. The summed E-state index contributed by atoms with van der Waals surface area (Å²) in [5.74, 6) is 0.641. The van der Waals surface area contributed by atoms with Crippen LogP contribution in [0.3, 0.4) is 0 Å². The summed E-state index contributed by atoms with van der Waals surface area (Å²) in [6.07, 6.45) is 4.04. The Bertz CT molecular complexity index is 1080. The SMILES string of the molecule is Cc1cc(C)n2cnc(C(=O)NCCc3ccc(-c4ccco4)cc3)c2n1. The van der Waals surface area contributed by atoms with Gasteiger partial charge in [0.25, 0.3) is 5.91 Å². The van der Waals surface area contributed by atoms with Crippen LogP contribution in [0.4, 0.5) is 0 Å². The molecule has 27 heavy (non-hydrogen) atoms. The maximum Gasteiger partial charge on any atom is 0.273 e. The number of nitrogens with one attached hydrogen (secondary N) is 1. The number of carbonyl (C=O) groups is 1. The summed E-state index contributed by atoms with van der Waals surface area (Å²) < 4.78 is 7.22. The average Bonchev–Trinajstić information content (AvgIpc) is 3.32. The fourth-order valence-electron chi connectivity index (χ4n) is 3.12. The van der Waals surface area contributed by atoms with Crippen molar-refractivity contribution >= 4 is 11.6 Å². The van der Waals surface area contributed by atoms with Gasteiger partial charge in [0.15, 0.2) is 11.3 Å². The molecular formula is C21H20N4O2. The molecule has 0 unspecified atom stereocenters. The highest BCUT2D eigenvalue weighted by Gasteiger charge is 2.15. The minimum Gasteiger partial charge on any atom is -0.464 e. The van der Waals surface area contributed by atoms with Gasteiger partial charge in [0.05, 0.1) is 6.26 Å². The van der Waals surface area contributed by atoms with Gasteiger partial charge in [-0.15, -0.1) is 0 Å². The number of hydrogen-bond donors (Lipinski definition) is 1. The predicted octanol–water partition coefficient (Wildman–Crippen LogP) is 3.58. The molecule has 0 saturated carbocycles. The predicted molar refractivity (Wildman–Crippen MR) is 103 cm³/mol. The Labute approximate surface area is 156 Å². The van der Waals surface area contributed by atoms with Crippen molar-refractivity contribution in [3.8, 4) is 11.3 Å². The third kappa shape index (κ3) is 3.46. The number of hydrogen-bond acceptors (Lipinski definition) is 4. The quantitative estimate of drug-likeness (QED) is 0.590. The number of fused-ring (bicyclic) bond motifs is 1. The average molecular weight is 360 g/mol. The van der Waals surface area contributed by atoms with Crippen LogP contribution < -0.4 is 5.32 Å². The molecule has 0 radical (unpaired) electrons. The summed E-state index contributed by atoms with van der Waals surface area (Å²) in [5.41, 5.74) is 4.99. The van der Waals surface area contributed by atoms with Gasteiger partial charge < -0.3 is 9.73 Å². The first-order chi connectivity index (χ1) is 13.1. The summed E-state index contributed by atoms with van der Waals surface area (Å²) in [4.78, 5) is 21.2. The van der Waals surface area contributed by atoms with Crippen LogP contribution in [-0.4, -0.2) is 26.8 Å². The first-order valence-electron chi connectivity index (χ1n) is 8.84. The Balaban J connectivity index is 1.40. The van der Waals surface area contributed by atoms with E-state index in [2.05, 4.69) is 15.3 Å². The van der Waals surface area contributed by atoms with Gasteiger partial charge in [-0.05, 0) is 44.0 Å². The Morgan fingerprint density at radius 3 is 2.74 bits per heavy atom. The van der Waals surface area contributed by atoms with Crippen molar-refractivity contribution in [1.29, 1.82) is 0 Å². The Morgan fingerprint density at radius 2 is 2.00 bits per heavy atom. The fraction of sp³-hybridized carbons (Fsp3) is 0.190. The van der Waals surface area contributed by atoms with E-state index in [1.165, 1.54) is 0 Å². The highest BCUT2D eigenvalue weighted by atomic mass is 16.3. The minimum atomic E-state index is -0.206. The number of aromatic nitrogens is 3. The smallest absolute Gasteiger partial charge is 0.273 e. The molecule has 6 heteroatoms. The molecule has 4 aromatic rings. The number of carbonyl (C=O) groups excluding carboxylic acids is 1. The Kier molecular flexibility index (Phi) is 4.46. The van der Waals surface area contributed by atoms with Crippen molar-refractivity contribution in [2.75, 3.05) is 6.54 Å². The van der Waals surface area contributed by atoms with Gasteiger partial charge in [-0.3, -0.25) is 9.20 Å². The molecule has 6 nitrogen and oxygen atoms in total. The second-order valence-corrected chi connectivity index (χ2v) is 6.51. The molecule has 0 aliphatic rings. The molecule has 0 bridgehead atoms. The van der Waals surface area contributed by atoms with Gasteiger partial charge in [-0.2, -0.15) is 0 Å². The lowest BCUT2D eigenvalue weighted by Crippen LogP contribution is -2.26. The van der Waals surface area contributed by atoms with Crippen LogP contribution in [0.2, 0.25) is 0 Å². The van der Waals surface area contributed by atoms with Crippen molar-refractivity contribution in [2.45, 2.75) is 20.3 Å². The van der Waals surface area contributed by atoms with Crippen LogP contribution in [0.5, 0.6) is 0 Å². The van der Waals surface area contributed by atoms with E-state index in [0.717, 1.165) is 34.7 Å². The first-order valence-corrected chi connectivity index (χ1v) is 8.84. The zero-order chi connectivity index (χ0) is 18.8. The van der Waals surface area contributed by atoms with Crippen molar-refractivity contribution in [1.82, 2.24) is 19.7 Å². The van der Waals surface area contributed by atoms with Crippen LogP contribution in [0.15, 0.2) is 59.5 Å². The van der Waals surface area contributed by atoms with Gasteiger partial charge in [-0.25, -0.2) is 9.97 Å². The van der Waals surface area contributed by atoms with Crippen molar-refractivity contribution in [3.63, 3.8) is 0 Å². The largest absolute Gasteiger partial charge is 0.464 e. The summed E-state index contributed by atoms with van der Waals surface area (Å²) >= 11 is 0. The van der Waals surface area contributed by atoms with Gasteiger partial charge in [-0.1, -0.05) is 24.3 Å². The highest BCUT2D eigenvalue weighted by Crippen LogP contribution is 2.20. The fourth-order valence-corrected chi connectivity index (χ4v) is 3.12. The Morgan fingerprint density at radius 1 is 1.19 bits per heavy atom. The monoisotopic (exact) mass is 360 g/mol. The normalized spacial score (nSPS) is 11.0. The summed E-state index contributed by atoms with van der Waals surface area (Å²) in [5, 5.41) is 2.93. The van der Waals surface area contributed by atoms with Crippen molar-refractivity contribution in [2.24, 2.45) is 0 Å². The lowest BCUT2D eigenvalue weighted by molar-refractivity contribution is 0.0951. The lowest BCUT2D eigenvalue weighted by atomic mass is 10.1. The molecule has 0 fully saturated rings. The summed E-state index contributed by atoms with van der Waals surface area (Å²) in [7, 11) is 0. The standard InChI is InChI=1S/C21H20N4O2/c1-14-12-15(2)25-13-23-19(20(25)24-14)21(26)22-10-9-16-5-7-17(8-6-16)18-4-3-11-27-18/h3-8,11-13H,9-10H2,1-2H3,(H,22,26). The number of furan rings is 1. The molecule has 0 saturated heterocycles. The second-order valence-electron chi connectivity index (χ2n) is 6.51. The molecule has 1 aromatic carbocycles. The van der Waals surface area contributed by atoms with Gasteiger partial charge in [0, 0.05) is 23.5 Å². The molecule has 0 spiro atoms. The molecule has 0 atom stereocenters. The van der Waals surface area contributed by atoms with Crippen molar-refractivity contribution in [3.05, 3.63) is 77.7 Å².